The maximum Gasteiger partial charge on any atom is 0.349 e. The summed E-state index contributed by atoms with van der Waals surface area (Å²) in [5.74, 6) is -0.353. The quantitative estimate of drug-likeness (QED) is 0.387. The van der Waals surface area contributed by atoms with E-state index in [-0.39, 0.29) is 24.5 Å². The molecule has 2 aromatic rings. The summed E-state index contributed by atoms with van der Waals surface area (Å²) in [4.78, 5) is 23.9. The minimum absolute atomic E-state index is 0.146. The lowest BCUT2D eigenvalue weighted by atomic mass is 10.1. The molecule has 0 aliphatic carbocycles. The van der Waals surface area contributed by atoms with Gasteiger partial charge in [0.1, 0.15) is 18.1 Å². The van der Waals surface area contributed by atoms with E-state index in [2.05, 4.69) is 0 Å². The zero-order valence-electron chi connectivity index (χ0n) is 15.4. The lowest BCUT2D eigenvalue weighted by molar-refractivity contribution is -0.136. The van der Waals surface area contributed by atoms with Gasteiger partial charge < -0.3 is 18.9 Å². The molecule has 0 N–H and O–H groups in total. The molecule has 0 bridgehead atoms. The smallest absolute Gasteiger partial charge is 0.349 e. The summed E-state index contributed by atoms with van der Waals surface area (Å²) >= 11 is 6.11. The fraction of sp³-hybridized carbons (Fsp3) is 0.300. The Labute approximate surface area is 162 Å². The second-order valence-corrected chi connectivity index (χ2v) is 6.17. The summed E-state index contributed by atoms with van der Waals surface area (Å²) in [5.41, 5.74) is 2.00. The largest absolute Gasteiger partial charge is 0.482 e. The van der Waals surface area contributed by atoms with E-state index in [1.54, 1.807) is 30.3 Å². The molecule has 0 aromatic heterocycles. The van der Waals surface area contributed by atoms with Crippen LogP contribution in [-0.2, 0) is 14.3 Å². The van der Waals surface area contributed by atoms with Crippen molar-refractivity contribution in [2.45, 2.75) is 13.8 Å². The molecular weight excluding hydrogens is 372 g/mol. The maximum absolute atomic E-state index is 12.0. The molecule has 0 radical (unpaired) electrons. The highest BCUT2D eigenvalue weighted by Gasteiger charge is 2.12. The van der Waals surface area contributed by atoms with Crippen molar-refractivity contribution < 1.29 is 28.5 Å². The zero-order chi connectivity index (χ0) is 19.8. The van der Waals surface area contributed by atoms with Gasteiger partial charge >= 0.3 is 11.9 Å². The topological polar surface area (TPSA) is 71.1 Å². The Bertz CT molecular complexity index is 795. The van der Waals surface area contributed by atoms with Crippen LogP contribution < -0.4 is 9.47 Å². The molecule has 6 nitrogen and oxygen atoms in total. The van der Waals surface area contributed by atoms with Crippen LogP contribution in [0.5, 0.6) is 11.5 Å². The minimum Gasteiger partial charge on any atom is -0.482 e. The van der Waals surface area contributed by atoms with E-state index in [1.165, 1.54) is 13.2 Å². The van der Waals surface area contributed by atoms with E-state index in [0.717, 1.165) is 11.1 Å². The first-order valence-corrected chi connectivity index (χ1v) is 8.65. The first kappa shape index (κ1) is 20.7. The molecule has 144 valence electrons. The highest BCUT2D eigenvalue weighted by molar-refractivity contribution is 6.32. The summed E-state index contributed by atoms with van der Waals surface area (Å²) in [7, 11) is 1.52. The van der Waals surface area contributed by atoms with Gasteiger partial charge in [0.25, 0.3) is 0 Å². The average Bonchev–Trinajstić information content (AvgIpc) is 2.64. The van der Waals surface area contributed by atoms with Crippen molar-refractivity contribution in [2.24, 2.45) is 0 Å². The van der Waals surface area contributed by atoms with Crippen LogP contribution in [-0.4, -0.2) is 38.9 Å². The average molecular weight is 393 g/mol. The normalized spacial score (nSPS) is 10.4. The molecule has 0 saturated carbocycles. The van der Waals surface area contributed by atoms with E-state index in [4.69, 9.17) is 30.5 Å². The predicted octanol–water partition coefficient (Wildman–Crippen LogP) is 3.74. The van der Waals surface area contributed by atoms with E-state index >= 15 is 0 Å². The van der Waals surface area contributed by atoms with Crippen LogP contribution in [0.1, 0.15) is 21.5 Å². The Hall–Kier alpha value is -2.57. The number of esters is 2. The molecule has 27 heavy (non-hydrogen) atoms. The molecule has 0 fully saturated rings. The van der Waals surface area contributed by atoms with Crippen LogP contribution in [0.3, 0.4) is 0 Å². The van der Waals surface area contributed by atoms with Gasteiger partial charge in [-0.15, -0.1) is 0 Å². The fourth-order valence-electron chi connectivity index (χ4n) is 2.28. The first-order chi connectivity index (χ1) is 12.9. The molecule has 0 heterocycles. The fourth-order valence-corrected chi connectivity index (χ4v) is 2.39. The molecule has 2 rings (SSSR count). The van der Waals surface area contributed by atoms with Crippen molar-refractivity contribution in [3.05, 3.63) is 58.1 Å². The van der Waals surface area contributed by atoms with Crippen LogP contribution in [0, 0.1) is 13.8 Å². The lowest BCUT2D eigenvalue weighted by Gasteiger charge is -2.10. The van der Waals surface area contributed by atoms with Gasteiger partial charge in [0.2, 0.25) is 0 Å². The van der Waals surface area contributed by atoms with Crippen molar-refractivity contribution in [1.29, 1.82) is 0 Å². The number of carbonyl (C=O) groups excluding carboxylic acids is 2. The number of ether oxygens (including phenoxy) is 4. The second-order valence-electron chi connectivity index (χ2n) is 5.79. The van der Waals surface area contributed by atoms with Gasteiger partial charge in [0, 0.05) is 12.1 Å². The van der Waals surface area contributed by atoms with E-state index in [9.17, 15) is 9.59 Å². The molecule has 7 heteroatoms. The molecule has 0 spiro atoms. The first-order valence-electron chi connectivity index (χ1n) is 8.27. The Kier molecular flexibility index (Phi) is 7.64. The number of halogens is 1. The number of rotatable bonds is 8. The van der Waals surface area contributed by atoms with Crippen molar-refractivity contribution >= 4 is 23.5 Å². The predicted molar refractivity (Wildman–Crippen MR) is 101 cm³/mol. The van der Waals surface area contributed by atoms with Gasteiger partial charge in [-0.25, -0.2) is 9.59 Å². The van der Waals surface area contributed by atoms with Crippen LogP contribution in [0.4, 0.5) is 0 Å². The minimum atomic E-state index is -0.592. The Balaban J connectivity index is 1.92. The molecule has 2 aromatic carbocycles. The number of benzene rings is 2. The van der Waals surface area contributed by atoms with Crippen LogP contribution in [0.15, 0.2) is 36.4 Å². The zero-order valence-corrected chi connectivity index (χ0v) is 16.2. The Morgan fingerprint density at radius 2 is 1.70 bits per heavy atom. The molecule has 0 amide bonds. The Morgan fingerprint density at radius 3 is 2.37 bits per heavy atom. The molecule has 0 atom stereocenters. The second kappa shape index (κ2) is 9.94. The summed E-state index contributed by atoms with van der Waals surface area (Å²) in [6.07, 6.45) is 0. The van der Waals surface area contributed by atoms with Crippen molar-refractivity contribution in [2.75, 3.05) is 26.9 Å². The van der Waals surface area contributed by atoms with Crippen LogP contribution in [0.25, 0.3) is 0 Å². The number of hydrogen-bond donors (Lipinski definition) is 0. The number of carbonyl (C=O) groups is 2. The maximum atomic E-state index is 12.0. The summed E-state index contributed by atoms with van der Waals surface area (Å²) in [5, 5.41) is 0.666. The van der Waals surface area contributed by atoms with E-state index in [1.807, 2.05) is 13.8 Å². The van der Waals surface area contributed by atoms with Gasteiger partial charge in [0.05, 0.1) is 12.2 Å². The number of aryl methyl sites for hydroxylation is 2. The third kappa shape index (κ3) is 6.27. The van der Waals surface area contributed by atoms with Crippen LogP contribution >= 0.6 is 11.6 Å². The standard InChI is InChI=1S/C20H21ClO6/c1-13-9-17(10-14(2)19(13)21)26-12-18(22)27-16-6-4-5-15(11-16)20(23)25-8-7-24-3/h4-6,9-11H,7-8,12H2,1-3H3. The lowest BCUT2D eigenvalue weighted by Crippen LogP contribution is -2.18. The summed E-state index contributed by atoms with van der Waals surface area (Å²) < 4.78 is 20.5. The monoisotopic (exact) mass is 392 g/mol. The molecule has 0 unspecified atom stereocenters. The van der Waals surface area contributed by atoms with Crippen molar-refractivity contribution in [3.8, 4) is 11.5 Å². The molecule has 0 saturated heterocycles. The highest BCUT2D eigenvalue weighted by Crippen LogP contribution is 2.25. The van der Waals surface area contributed by atoms with Gasteiger partial charge in [0.15, 0.2) is 6.61 Å². The number of hydrogen-bond acceptors (Lipinski definition) is 6. The highest BCUT2D eigenvalue weighted by atomic mass is 35.5. The number of methoxy groups -OCH3 is 1. The molecule has 0 aliphatic heterocycles. The van der Waals surface area contributed by atoms with Gasteiger partial charge in [-0.2, -0.15) is 0 Å². The van der Waals surface area contributed by atoms with Gasteiger partial charge in [-0.3, -0.25) is 0 Å². The van der Waals surface area contributed by atoms with Crippen molar-refractivity contribution in [1.82, 2.24) is 0 Å². The summed E-state index contributed by atoms with van der Waals surface area (Å²) in [6.45, 7) is 3.90. The molecular formula is C20H21ClO6. The van der Waals surface area contributed by atoms with Crippen LogP contribution in [0.2, 0.25) is 5.02 Å². The summed E-state index contributed by atoms with van der Waals surface area (Å²) in [6, 6.07) is 9.67. The third-order valence-electron chi connectivity index (χ3n) is 3.59. The Morgan fingerprint density at radius 1 is 1.00 bits per heavy atom. The van der Waals surface area contributed by atoms with Crippen molar-refractivity contribution in [3.63, 3.8) is 0 Å². The molecule has 0 aliphatic rings. The van der Waals surface area contributed by atoms with Gasteiger partial charge in [-0.1, -0.05) is 17.7 Å². The van der Waals surface area contributed by atoms with E-state index in [0.29, 0.717) is 17.4 Å². The van der Waals surface area contributed by atoms with E-state index < -0.39 is 11.9 Å². The third-order valence-corrected chi connectivity index (χ3v) is 4.18. The van der Waals surface area contributed by atoms with Gasteiger partial charge in [-0.05, 0) is 55.3 Å². The SMILES string of the molecule is COCCOC(=O)c1cccc(OC(=O)COc2cc(C)c(Cl)c(C)c2)c1.